The fourth-order valence-corrected chi connectivity index (χ4v) is 2.40. The minimum atomic E-state index is -0.363. The number of hydrogen-bond donors (Lipinski definition) is 2. The molecule has 6 heteroatoms. The Balaban J connectivity index is 1.81. The summed E-state index contributed by atoms with van der Waals surface area (Å²) >= 11 is 0. The highest BCUT2D eigenvalue weighted by Crippen LogP contribution is 2.12. The molecule has 2 aromatic rings. The van der Waals surface area contributed by atoms with E-state index in [0.717, 1.165) is 19.6 Å². The number of likely N-dealkylation sites (N-methyl/N-ethyl adjacent to an activating group) is 1. The summed E-state index contributed by atoms with van der Waals surface area (Å²) in [4.78, 5) is 26.2. The smallest absolute Gasteiger partial charge is 0.338 e. The van der Waals surface area contributed by atoms with Crippen molar-refractivity contribution < 1.29 is 14.3 Å². The van der Waals surface area contributed by atoms with Gasteiger partial charge >= 0.3 is 12.0 Å². The standard InChI is InChI=1S/C20H25N3O3/c1-3-23(4-2)14-15-26-19(24)16-10-12-18(13-11-16)22-20(25)21-17-8-6-5-7-9-17/h5-13H,3-4,14-15H2,1-2H3,(H2,21,22,25). The van der Waals surface area contributed by atoms with Crippen LogP contribution in [0, 0.1) is 0 Å². The van der Waals surface area contributed by atoms with Crippen LogP contribution in [0.2, 0.25) is 0 Å². The molecule has 2 aromatic carbocycles. The first-order chi connectivity index (χ1) is 12.6. The molecular formula is C20H25N3O3. The molecule has 0 bridgehead atoms. The molecule has 0 aliphatic rings. The van der Waals surface area contributed by atoms with Crippen molar-refractivity contribution in [1.29, 1.82) is 0 Å². The van der Waals surface area contributed by atoms with Crippen molar-refractivity contribution in [3.63, 3.8) is 0 Å². The van der Waals surface area contributed by atoms with E-state index in [1.54, 1.807) is 36.4 Å². The van der Waals surface area contributed by atoms with Crippen LogP contribution < -0.4 is 10.6 Å². The quantitative estimate of drug-likeness (QED) is 0.706. The van der Waals surface area contributed by atoms with E-state index < -0.39 is 0 Å². The van der Waals surface area contributed by atoms with Crippen LogP contribution in [0.4, 0.5) is 16.2 Å². The third-order valence-electron chi connectivity index (χ3n) is 3.95. The lowest BCUT2D eigenvalue weighted by Gasteiger charge is -2.17. The maximum absolute atomic E-state index is 12.0. The number of carbonyl (C=O) groups excluding carboxylic acids is 2. The molecule has 0 saturated heterocycles. The van der Waals surface area contributed by atoms with E-state index in [0.29, 0.717) is 23.5 Å². The van der Waals surface area contributed by atoms with E-state index in [-0.39, 0.29) is 12.0 Å². The Morgan fingerprint density at radius 2 is 1.46 bits per heavy atom. The molecule has 0 saturated carbocycles. The summed E-state index contributed by atoms with van der Waals surface area (Å²) < 4.78 is 5.28. The number of para-hydroxylation sites is 1. The van der Waals surface area contributed by atoms with E-state index >= 15 is 0 Å². The van der Waals surface area contributed by atoms with Crippen molar-refractivity contribution in [2.75, 3.05) is 36.9 Å². The highest BCUT2D eigenvalue weighted by molar-refractivity contribution is 6.00. The van der Waals surface area contributed by atoms with Gasteiger partial charge in [0.05, 0.1) is 5.56 Å². The normalized spacial score (nSPS) is 10.4. The van der Waals surface area contributed by atoms with Crippen molar-refractivity contribution in [3.8, 4) is 0 Å². The zero-order chi connectivity index (χ0) is 18.8. The van der Waals surface area contributed by atoms with Gasteiger partial charge in [0.25, 0.3) is 0 Å². The fourth-order valence-electron chi connectivity index (χ4n) is 2.40. The van der Waals surface area contributed by atoms with E-state index in [4.69, 9.17) is 4.74 Å². The highest BCUT2D eigenvalue weighted by Gasteiger charge is 2.09. The lowest BCUT2D eigenvalue weighted by molar-refractivity contribution is 0.0466. The van der Waals surface area contributed by atoms with Gasteiger partial charge in [-0.3, -0.25) is 0 Å². The molecule has 0 fully saturated rings. The molecule has 0 spiro atoms. The fraction of sp³-hybridized carbons (Fsp3) is 0.300. The van der Waals surface area contributed by atoms with Crippen molar-refractivity contribution in [2.45, 2.75) is 13.8 Å². The molecule has 2 amide bonds. The Morgan fingerprint density at radius 3 is 2.04 bits per heavy atom. The van der Waals surface area contributed by atoms with Gasteiger partial charge in [-0.15, -0.1) is 0 Å². The zero-order valence-electron chi connectivity index (χ0n) is 15.2. The summed E-state index contributed by atoms with van der Waals surface area (Å²) in [5.74, 6) is -0.363. The third kappa shape index (κ3) is 6.22. The molecule has 0 aliphatic heterocycles. The van der Waals surface area contributed by atoms with Gasteiger partial charge in [0.1, 0.15) is 6.61 Å². The van der Waals surface area contributed by atoms with Crippen LogP contribution in [-0.2, 0) is 4.74 Å². The van der Waals surface area contributed by atoms with Crippen molar-refractivity contribution in [2.24, 2.45) is 0 Å². The van der Waals surface area contributed by atoms with Crippen LogP contribution in [0.5, 0.6) is 0 Å². The molecular weight excluding hydrogens is 330 g/mol. The van der Waals surface area contributed by atoms with E-state index in [1.807, 2.05) is 18.2 Å². The number of esters is 1. The highest BCUT2D eigenvalue weighted by atomic mass is 16.5. The SMILES string of the molecule is CCN(CC)CCOC(=O)c1ccc(NC(=O)Nc2ccccc2)cc1. The van der Waals surface area contributed by atoms with Crippen LogP contribution >= 0.6 is 0 Å². The number of hydrogen-bond acceptors (Lipinski definition) is 4. The summed E-state index contributed by atoms with van der Waals surface area (Å²) in [6.07, 6.45) is 0. The molecule has 6 nitrogen and oxygen atoms in total. The molecule has 0 radical (unpaired) electrons. The Kier molecular flexibility index (Phi) is 7.64. The molecule has 0 aromatic heterocycles. The van der Waals surface area contributed by atoms with E-state index in [9.17, 15) is 9.59 Å². The average molecular weight is 355 g/mol. The van der Waals surface area contributed by atoms with E-state index in [2.05, 4.69) is 29.4 Å². The predicted octanol–water partition coefficient (Wildman–Crippen LogP) is 3.83. The monoisotopic (exact) mass is 355 g/mol. The van der Waals surface area contributed by atoms with Gasteiger partial charge < -0.3 is 20.3 Å². The first-order valence-electron chi connectivity index (χ1n) is 8.75. The summed E-state index contributed by atoms with van der Waals surface area (Å²) in [5.41, 5.74) is 1.76. The van der Waals surface area contributed by atoms with Gasteiger partial charge in [0.15, 0.2) is 0 Å². The van der Waals surface area contributed by atoms with Gasteiger partial charge in [-0.1, -0.05) is 32.0 Å². The van der Waals surface area contributed by atoms with Gasteiger partial charge in [-0.05, 0) is 49.5 Å². The number of amides is 2. The summed E-state index contributed by atoms with van der Waals surface area (Å²) in [5, 5.41) is 5.45. The van der Waals surface area contributed by atoms with Gasteiger partial charge in [-0.2, -0.15) is 0 Å². The number of rotatable bonds is 8. The van der Waals surface area contributed by atoms with Gasteiger partial charge in [0, 0.05) is 17.9 Å². The lowest BCUT2D eigenvalue weighted by Crippen LogP contribution is -2.27. The number of ether oxygens (including phenoxy) is 1. The van der Waals surface area contributed by atoms with Crippen LogP contribution in [-0.4, -0.2) is 43.1 Å². The van der Waals surface area contributed by atoms with Crippen LogP contribution in [0.25, 0.3) is 0 Å². The van der Waals surface area contributed by atoms with E-state index in [1.165, 1.54) is 0 Å². The molecule has 26 heavy (non-hydrogen) atoms. The van der Waals surface area contributed by atoms with Gasteiger partial charge in [-0.25, -0.2) is 9.59 Å². The predicted molar refractivity (Wildman–Crippen MR) is 104 cm³/mol. The first-order valence-corrected chi connectivity index (χ1v) is 8.75. The average Bonchev–Trinajstić information content (AvgIpc) is 2.66. The second-order valence-corrected chi connectivity index (χ2v) is 5.69. The first kappa shape index (κ1) is 19.5. The molecule has 0 aliphatic carbocycles. The van der Waals surface area contributed by atoms with Gasteiger partial charge in [0.2, 0.25) is 0 Å². The number of benzene rings is 2. The Labute approximate surface area is 154 Å². The number of nitrogens with one attached hydrogen (secondary N) is 2. The summed E-state index contributed by atoms with van der Waals surface area (Å²) in [6, 6.07) is 15.4. The second-order valence-electron chi connectivity index (χ2n) is 5.69. The molecule has 2 N–H and O–H groups in total. The minimum Gasteiger partial charge on any atom is -0.461 e. The molecule has 0 heterocycles. The second kappa shape index (κ2) is 10.2. The van der Waals surface area contributed by atoms with Crippen LogP contribution in [0.3, 0.4) is 0 Å². The molecule has 138 valence electrons. The lowest BCUT2D eigenvalue weighted by atomic mass is 10.2. The minimum absolute atomic E-state index is 0.342. The van der Waals surface area contributed by atoms with Crippen molar-refractivity contribution in [1.82, 2.24) is 4.90 Å². The number of carbonyl (C=O) groups is 2. The third-order valence-corrected chi connectivity index (χ3v) is 3.95. The Bertz CT molecular complexity index is 698. The molecule has 2 rings (SSSR count). The van der Waals surface area contributed by atoms with Crippen LogP contribution in [0.15, 0.2) is 54.6 Å². The molecule has 0 unspecified atom stereocenters. The summed E-state index contributed by atoms with van der Waals surface area (Å²) in [7, 11) is 0. The number of anilines is 2. The largest absolute Gasteiger partial charge is 0.461 e. The topological polar surface area (TPSA) is 70.7 Å². The van der Waals surface area contributed by atoms with Crippen molar-refractivity contribution >= 4 is 23.4 Å². The Morgan fingerprint density at radius 1 is 0.885 bits per heavy atom. The number of urea groups is 1. The zero-order valence-corrected chi connectivity index (χ0v) is 15.2. The van der Waals surface area contributed by atoms with Crippen LogP contribution in [0.1, 0.15) is 24.2 Å². The Hall–Kier alpha value is -2.86. The number of nitrogens with zero attached hydrogens (tertiary/aromatic N) is 1. The maximum atomic E-state index is 12.0. The molecule has 0 atom stereocenters. The summed E-state index contributed by atoms with van der Waals surface area (Å²) in [6.45, 7) is 7.09. The van der Waals surface area contributed by atoms with Crippen molar-refractivity contribution in [3.05, 3.63) is 60.2 Å². The maximum Gasteiger partial charge on any atom is 0.338 e.